The van der Waals surface area contributed by atoms with Crippen molar-refractivity contribution < 1.29 is 0 Å². The largest absolute Gasteiger partial charge is 0.305 e. The van der Waals surface area contributed by atoms with Crippen molar-refractivity contribution in [3.8, 4) is 0 Å². The standard InChI is InChI=1S/C18H25NS/c1-6-16-7-8-17(20-16)11-19-15(5)18-10-13(3)12(2)9-14(18)4/h7-10,15,19H,6,11H2,1-5H3. The van der Waals surface area contributed by atoms with E-state index in [0.717, 1.165) is 13.0 Å². The second-order valence-electron chi connectivity index (χ2n) is 5.62. The van der Waals surface area contributed by atoms with E-state index in [-0.39, 0.29) is 0 Å². The van der Waals surface area contributed by atoms with Gasteiger partial charge in [-0.1, -0.05) is 19.1 Å². The predicted octanol–water partition coefficient (Wildman–Crippen LogP) is 5.09. The molecule has 0 saturated carbocycles. The van der Waals surface area contributed by atoms with Gasteiger partial charge in [0.05, 0.1) is 0 Å². The predicted molar refractivity (Wildman–Crippen MR) is 89.6 cm³/mol. The first-order valence-corrected chi connectivity index (χ1v) is 8.21. The molecule has 0 fully saturated rings. The Labute approximate surface area is 127 Å². The average Bonchev–Trinajstić information content (AvgIpc) is 2.88. The van der Waals surface area contributed by atoms with Crippen LogP contribution in [0.15, 0.2) is 24.3 Å². The Bertz CT molecular complexity index is 583. The van der Waals surface area contributed by atoms with Crippen LogP contribution in [-0.4, -0.2) is 0 Å². The van der Waals surface area contributed by atoms with Crippen LogP contribution in [0.25, 0.3) is 0 Å². The number of aryl methyl sites for hydroxylation is 4. The summed E-state index contributed by atoms with van der Waals surface area (Å²) >= 11 is 1.92. The van der Waals surface area contributed by atoms with Gasteiger partial charge in [0, 0.05) is 22.3 Å². The first kappa shape index (κ1) is 15.3. The highest BCUT2D eigenvalue weighted by atomic mass is 32.1. The molecule has 0 amide bonds. The summed E-state index contributed by atoms with van der Waals surface area (Å²) in [5, 5.41) is 3.65. The van der Waals surface area contributed by atoms with Gasteiger partial charge in [-0.3, -0.25) is 0 Å². The Kier molecular flexibility index (Phi) is 5.00. The summed E-state index contributed by atoms with van der Waals surface area (Å²) in [5.74, 6) is 0. The molecule has 0 aliphatic heterocycles. The molecule has 1 unspecified atom stereocenters. The molecule has 0 radical (unpaired) electrons. The first-order valence-electron chi connectivity index (χ1n) is 7.40. The molecule has 1 aromatic heterocycles. The van der Waals surface area contributed by atoms with Crippen LogP contribution >= 0.6 is 11.3 Å². The highest BCUT2D eigenvalue weighted by Crippen LogP contribution is 2.23. The molecule has 1 N–H and O–H groups in total. The number of thiophene rings is 1. The van der Waals surface area contributed by atoms with Gasteiger partial charge in [-0.05, 0) is 68.5 Å². The highest BCUT2D eigenvalue weighted by Gasteiger charge is 2.10. The molecule has 2 heteroatoms. The lowest BCUT2D eigenvalue weighted by Gasteiger charge is -2.18. The fourth-order valence-electron chi connectivity index (χ4n) is 2.52. The van der Waals surface area contributed by atoms with Crippen molar-refractivity contribution >= 4 is 11.3 Å². The van der Waals surface area contributed by atoms with E-state index in [4.69, 9.17) is 0 Å². The Morgan fingerprint density at radius 2 is 1.65 bits per heavy atom. The maximum atomic E-state index is 3.65. The van der Waals surface area contributed by atoms with Crippen molar-refractivity contribution in [3.05, 3.63) is 56.3 Å². The maximum absolute atomic E-state index is 3.65. The van der Waals surface area contributed by atoms with Gasteiger partial charge in [0.15, 0.2) is 0 Å². The minimum absolute atomic E-state index is 0.390. The monoisotopic (exact) mass is 287 g/mol. The molecule has 0 saturated heterocycles. The molecule has 0 bridgehead atoms. The maximum Gasteiger partial charge on any atom is 0.0305 e. The average molecular weight is 287 g/mol. The Morgan fingerprint density at radius 3 is 2.30 bits per heavy atom. The highest BCUT2D eigenvalue weighted by molar-refractivity contribution is 7.11. The van der Waals surface area contributed by atoms with E-state index in [1.54, 1.807) is 0 Å². The summed E-state index contributed by atoms with van der Waals surface area (Å²) in [7, 11) is 0. The Morgan fingerprint density at radius 1 is 1.00 bits per heavy atom. The zero-order valence-electron chi connectivity index (χ0n) is 13.2. The van der Waals surface area contributed by atoms with Crippen LogP contribution in [0.3, 0.4) is 0 Å². The van der Waals surface area contributed by atoms with E-state index in [2.05, 4.69) is 64.2 Å². The molecule has 1 aromatic carbocycles. The number of hydrogen-bond donors (Lipinski definition) is 1. The Hall–Kier alpha value is -1.12. The molecule has 2 rings (SSSR count). The van der Waals surface area contributed by atoms with Gasteiger partial charge in [0.2, 0.25) is 0 Å². The number of nitrogens with one attached hydrogen (secondary N) is 1. The lowest BCUT2D eigenvalue weighted by Crippen LogP contribution is -2.18. The van der Waals surface area contributed by atoms with Gasteiger partial charge in [0.1, 0.15) is 0 Å². The third-order valence-electron chi connectivity index (χ3n) is 4.00. The van der Waals surface area contributed by atoms with Gasteiger partial charge in [0.25, 0.3) is 0 Å². The van der Waals surface area contributed by atoms with Crippen molar-refractivity contribution in [2.45, 2.75) is 53.6 Å². The van der Waals surface area contributed by atoms with Crippen LogP contribution in [0.2, 0.25) is 0 Å². The Balaban J connectivity index is 2.04. The van der Waals surface area contributed by atoms with Crippen molar-refractivity contribution in [1.29, 1.82) is 0 Å². The van der Waals surface area contributed by atoms with E-state index in [0.29, 0.717) is 6.04 Å². The van der Waals surface area contributed by atoms with E-state index in [1.807, 2.05) is 11.3 Å². The molecular weight excluding hydrogens is 262 g/mol. The summed E-state index contributed by atoms with van der Waals surface area (Å²) in [6.45, 7) is 12.0. The van der Waals surface area contributed by atoms with Crippen LogP contribution in [-0.2, 0) is 13.0 Å². The second kappa shape index (κ2) is 6.55. The lowest BCUT2D eigenvalue weighted by atomic mass is 9.96. The fourth-order valence-corrected chi connectivity index (χ4v) is 3.43. The number of hydrogen-bond acceptors (Lipinski definition) is 2. The van der Waals surface area contributed by atoms with E-state index in [1.165, 1.54) is 32.0 Å². The van der Waals surface area contributed by atoms with Gasteiger partial charge in [-0.25, -0.2) is 0 Å². The molecular formula is C18H25NS. The molecule has 1 atom stereocenters. The smallest absolute Gasteiger partial charge is 0.0305 e. The summed E-state index contributed by atoms with van der Waals surface area (Å²) in [6, 6.07) is 9.50. The van der Waals surface area contributed by atoms with Crippen molar-refractivity contribution in [3.63, 3.8) is 0 Å². The molecule has 108 valence electrons. The van der Waals surface area contributed by atoms with Crippen LogP contribution < -0.4 is 5.32 Å². The minimum Gasteiger partial charge on any atom is -0.305 e. The number of benzene rings is 1. The van der Waals surface area contributed by atoms with Crippen molar-refractivity contribution in [2.24, 2.45) is 0 Å². The summed E-state index contributed by atoms with van der Waals surface area (Å²) in [6.07, 6.45) is 1.14. The summed E-state index contributed by atoms with van der Waals surface area (Å²) in [5.41, 5.74) is 5.56. The normalized spacial score (nSPS) is 12.7. The van der Waals surface area contributed by atoms with Gasteiger partial charge in [-0.2, -0.15) is 0 Å². The minimum atomic E-state index is 0.390. The first-order chi connectivity index (χ1) is 9.51. The third-order valence-corrected chi connectivity index (χ3v) is 5.23. The fraction of sp³-hybridized carbons (Fsp3) is 0.444. The quantitative estimate of drug-likeness (QED) is 0.808. The second-order valence-corrected chi connectivity index (χ2v) is 6.87. The molecule has 1 heterocycles. The van der Waals surface area contributed by atoms with Gasteiger partial charge in [-0.15, -0.1) is 11.3 Å². The molecule has 0 aliphatic rings. The molecule has 1 nitrogen and oxygen atoms in total. The van der Waals surface area contributed by atoms with E-state index < -0.39 is 0 Å². The molecule has 0 spiro atoms. The SMILES string of the molecule is CCc1ccc(CNC(C)c2cc(C)c(C)cc2C)s1. The molecule has 2 aromatic rings. The van der Waals surface area contributed by atoms with Crippen LogP contribution in [0, 0.1) is 20.8 Å². The summed E-state index contributed by atoms with van der Waals surface area (Å²) < 4.78 is 0. The molecule has 0 aliphatic carbocycles. The van der Waals surface area contributed by atoms with Gasteiger partial charge < -0.3 is 5.32 Å². The topological polar surface area (TPSA) is 12.0 Å². The van der Waals surface area contributed by atoms with Crippen LogP contribution in [0.1, 0.15) is 51.9 Å². The van der Waals surface area contributed by atoms with Crippen LogP contribution in [0.5, 0.6) is 0 Å². The van der Waals surface area contributed by atoms with E-state index in [9.17, 15) is 0 Å². The van der Waals surface area contributed by atoms with Crippen molar-refractivity contribution in [2.75, 3.05) is 0 Å². The van der Waals surface area contributed by atoms with Crippen LogP contribution in [0.4, 0.5) is 0 Å². The van der Waals surface area contributed by atoms with Gasteiger partial charge >= 0.3 is 0 Å². The number of rotatable bonds is 5. The lowest BCUT2D eigenvalue weighted by molar-refractivity contribution is 0.576. The third kappa shape index (κ3) is 3.50. The summed E-state index contributed by atoms with van der Waals surface area (Å²) in [4.78, 5) is 2.90. The molecule has 20 heavy (non-hydrogen) atoms. The van der Waals surface area contributed by atoms with Crippen molar-refractivity contribution in [1.82, 2.24) is 5.32 Å². The zero-order valence-corrected chi connectivity index (χ0v) is 14.0. The van der Waals surface area contributed by atoms with E-state index >= 15 is 0 Å². The zero-order chi connectivity index (χ0) is 14.7.